The summed E-state index contributed by atoms with van der Waals surface area (Å²) in [5.74, 6) is 1.39. The van der Waals surface area contributed by atoms with E-state index in [-0.39, 0.29) is 5.56 Å². The van der Waals surface area contributed by atoms with Crippen LogP contribution < -0.4 is 5.73 Å². The highest BCUT2D eigenvalue weighted by Crippen LogP contribution is 2.22. The fourth-order valence-corrected chi connectivity index (χ4v) is 2.46. The highest BCUT2D eigenvalue weighted by atomic mass is 32.2. The van der Waals surface area contributed by atoms with Gasteiger partial charge in [0.05, 0.1) is 5.56 Å². The summed E-state index contributed by atoms with van der Waals surface area (Å²) in [5, 5.41) is 9.07. The van der Waals surface area contributed by atoms with E-state index in [4.69, 9.17) is 10.8 Å². The molecule has 0 amide bonds. The van der Waals surface area contributed by atoms with E-state index in [0.29, 0.717) is 17.4 Å². The molecule has 0 heterocycles. The Morgan fingerprint density at radius 2 is 2.19 bits per heavy atom. The van der Waals surface area contributed by atoms with Crippen LogP contribution >= 0.6 is 11.8 Å². The summed E-state index contributed by atoms with van der Waals surface area (Å²) in [6.45, 7) is 4.29. The average molecular weight is 239 g/mol. The first-order valence-corrected chi connectivity index (χ1v) is 6.36. The smallest absolute Gasteiger partial charge is 0.338 e. The highest BCUT2D eigenvalue weighted by molar-refractivity contribution is 7.98. The molecule has 1 aromatic carbocycles. The quantitative estimate of drug-likeness (QED) is 0.775. The third-order valence-corrected chi connectivity index (χ3v) is 3.52. The van der Waals surface area contributed by atoms with Crippen LogP contribution in [-0.2, 0) is 5.75 Å². The second-order valence-corrected chi connectivity index (χ2v) is 5.13. The Hall–Kier alpha value is -1.16. The number of thioether (sulfide) groups is 1. The minimum Gasteiger partial charge on any atom is -0.478 e. The van der Waals surface area contributed by atoms with Crippen molar-refractivity contribution in [1.29, 1.82) is 0 Å². The minimum absolute atomic E-state index is 0.249. The van der Waals surface area contributed by atoms with Gasteiger partial charge in [-0.3, -0.25) is 0 Å². The van der Waals surface area contributed by atoms with Gasteiger partial charge in [0.25, 0.3) is 0 Å². The summed E-state index contributed by atoms with van der Waals surface area (Å²) >= 11 is 1.74. The lowest BCUT2D eigenvalue weighted by Crippen LogP contribution is -2.06. The summed E-state index contributed by atoms with van der Waals surface area (Å²) in [4.78, 5) is 11.1. The molecular formula is C12H17NO2S. The molecule has 1 rings (SSSR count). The monoisotopic (exact) mass is 239 g/mol. The molecule has 0 aromatic heterocycles. The zero-order valence-electron chi connectivity index (χ0n) is 9.56. The zero-order valence-corrected chi connectivity index (χ0v) is 10.4. The Kier molecular flexibility index (Phi) is 4.68. The van der Waals surface area contributed by atoms with Gasteiger partial charge in [-0.2, -0.15) is 11.8 Å². The molecule has 3 N–H and O–H groups in total. The van der Waals surface area contributed by atoms with Crippen LogP contribution in [0.1, 0.15) is 29.8 Å². The van der Waals surface area contributed by atoms with Gasteiger partial charge in [0.1, 0.15) is 0 Å². The molecule has 0 spiro atoms. The number of carboxylic acids is 1. The highest BCUT2D eigenvalue weighted by Gasteiger charge is 2.13. The van der Waals surface area contributed by atoms with E-state index >= 15 is 0 Å². The number of anilines is 1. The molecule has 0 aliphatic carbocycles. The van der Waals surface area contributed by atoms with Crippen LogP contribution in [0.3, 0.4) is 0 Å². The molecule has 0 aliphatic rings. The summed E-state index contributed by atoms with van der Waals surface area (Å²) in [7, 11) is 0. The average Bonchev–Trinajstić information content (AvgIpc) is 2.16. The maximum Gasteiger partial charge on any atom is 0.338 e. The molecule has 0 unspecified atom stereocenters. The Labute approximate surface area is 100 Å². The van der Waals surface area contributed by atoms with E-state index < -0.39 is 5.97 Å². The number of carbonyl (C=O) groups is 1. The molecule has 0 atom stereocenters. The van der Waals surface area contributed by atoms with Crippen LogP contribution in [0.25, 0.3) is 0 Å². The van der Waals surface area contributed by atoms with E-state index in [1.54, 1.807) is 23.9 Å². The number of hydrogen-bond donors (Lipinski definition) is 2. The maximum absolute atomic E-state index is 11.1. The van der Waals surface area contributed by atoms with Crippen LogP contribution in [0.15, 0.2) is 18.2 Å². The summed E-state index contributed by atoms with van der Waals surface area (Å²) in [5.41, 5.74) is 7.06. The third kappa shape index (κ3) is 3.45. The normalized spacial score (nSPS) is 10.7. The lowest BCUT2D eigenvalue weighted by Gasteiger charge is -2.09. The minimum atomic E-state index is -0.946. The van der Waals surface area contributed by atoms with Gasteiger partial charge in [-0.15, -0.1) is 0 Å². The molecule has 3 nitrogen and oxygen atoms in total. The van der Waals surface area contributed by atoms with Gasteiger partial charge in [-0.05, 0) is 23.3 Å². The van der Waals surface area contributed by atoms with Gasteiger partial charge in [0, 0.05) is 11.4 Å². The topological polar surface area (TPSA) is 63.3 Å². The van der Waals surface area contributed by atoms with Gasteiger partial charge in [-0.1, -0.05) is 26.0 Å². The molecule has 88 valence electrons. The predicted octanol–water partition coefficient (Wildman–Crippen LogP) is 2.86. The Morgan fingerprint density at radius 3 is 2.75 bits per heavy atom. The number of carboxylic acid groups (broad SMARTS) is 1. The van der Waals surface area contributed by atoms with E-state index in [9.17, 15) is 4.79 Å². The van der Waals surface area contributed by atoms with Crippen molar-refractivity contribution in [3.63, 3.8) is 0 Å². The Morgan fingerprint density at radius 1 is 1.50 bits per heavy atom. The van der Waals surface area contributed by atoms with E-state index in [1.165, 1.54) is 0 Å². The van der Waals surface area contributed by atoms with Crippen molar-refractivity contribution in [2.24, 2.45) is 5.92 Å². The lowest BCUT2D eigenvalue weighted by molar-refractivity contribution is 0.0697. The molecular weight excluding hydrogens is 222 g/mol. The number of benzene rings is 1. The molecule has 1 aromatic rings. The first kappa shape index (κ1) is 12.9. The maximum atomic E-state index is 11.1. The van der Waals surface area contributed by atoms with Crippen LogP contribution in [0.5, 0.6) is 0 Å². The van der Waals surface area contributed by atoms with E-state index in [1.807, 2.05) is 6.07 Å². The zero-order chi connectivity index (χ0) is 12.1. The van der Waals surface area contributed by atoms with Crippen LogP contribution in [0, 0.1) is 5.92 Å². The second kappa shape index (κ2) is 5.80. The first-order valence-electron chi connectivity index (χ1n) is 5.20. The predicted molar refractivity (Wildman–Crippen MR) is 68.8 cm³/mol. The van der Waals surface area contributed by atoms with Crippen molar-refractivity contribution in [3.8, 4) is 0 Å². The number of nitrogens with two attached hydrogens (primary N) is 1. The van der Waals surface area contributed by atoms with Crippen LogP contribution in [-0.4, -0.2) is 16.8 Å². The summed E-state index contributed by atoms with van der Waals surface area (Å²) in [6, 6.07) is 5.25. The van der Waals surface area contributed by atoms with Crippen molar-refractivity contribution < 1.29 is 9.90 Å². The number of hydrogen-bond acceptors (Lipinski definition) is 3. The molecule has 16 heavy (non-hydrogen) atoms. The van der Waals surface area contributed by atoms with Crippen LogP contribution in [0.4, 0.5) is 5.69 Å². The van der Waals surface area contributed by atoms with Crippen molar-refractivity contribution in [3.05, 3.63) is 29.3 Å². The van der Waals surface area contributed by atoms with Crippen molar-refractivity contribution in [2.45, 2.75) is 19.6 Å². The van der Waals surface area contributed by atoms with Crippen molar-refractivity contribution in [1.82, 2.24) is 0 Å². The van der Waals surface area contributed by atoms with Gasteiger partial charge < -0.3 is 10.8 Å². The van der Waals surface area contributed by atoms with E-state index in [0.717, 1.165) is 11.3 Å². The molecule has 0 fully saturated rings. The summed E-state index contributed by atoms with van der Waals surface area (Å²) < 4.78 is 0. The first-order chi connectivity index (χ1) is 7.52. The van der Waals surface area contributed by atoms with Crippen LogP contribution in [0.2, 0.25) is 0 Å². The molecule has 0 saturated heterocycles. The second-order valence-electron chi connectivity index (χ2n) is 4.10. The molecule has 4 heteroatoms. The van der Waals surface area contributed by atoms with Gasteiger partial charge in [-0.25, -0.2) is 4.79 Å². The third-order valence-electron chi connectivity index (χ3n) is 2.11. The SMILES string of the molecule is CC(C)CSCc1cccc(N)c1C(=O)O. The molecule has 0 bridgehead atoms. The fourth-order valence-electron chi connectivity index (χ4n) is 1.41. The lowest BCUT2D eigenvalue weighted by atomic mass is 10.1. The van der Waals surface area contributed by atoms with Gasteiger partial charge in [0.15, 0.2) is 0 Å². The van der Waals surface area contributed by atoms with Gasteiger partial charge in [0.2, 0.25) is 0 Å². The number of rotatable bonds is 5. The number of aromatic carboxylic acids is 1. The van der Waals surface area contributed by atoms with E-state index in [2.05, 4.69) is 13.8 Å². The Bertz CT molecular complexity index is 377. The standard InChI is InChI=1S/C12H17NO2S/c1-8(2)6-16-7-9-4-3-5-10(13)11(9)12(14)15/h3-5,8H,6-7,13H2,1-2H3,(H,14,15). The molecule has 0 aliphatic heterocycles. The van der Waals surface area contributed by atoms with Gasteiger partial charge >= 0.3 is 5.97 Å². The van der Waals surface area contributed by atoms with Crippen molar-refractivity contribution >= 4 is 23.4 Å². The number of nitrogen functional groups attached to an aromatic ring is 1. The summed E-state index contributed by atoms with van der Waals surface area (Å²) in [6.07, 6.45) is 0. The Balaban J connectivity index is 2.79. The fraction of sp³-hybridized carbons (Fsp3) is 0.417. The molecule has 0 radical (unpaired) electrons. The largest absolute Gasteiger partial charge is 0.478 e. The molecule has 0 saturated carbocycles. The van der Waals surface area contributed by atoms with Crippen molar-refractivity contribution in [2.75, 3.05) is 11.5 Å².